The summed E-state index contributed by atoms with van der Waals surface area (Å²) >= 11 is 7.96. The summed E-state index contributed by atoms with van der Waals surface area (Å²) in [6.45, 7) is 6.10. The van der Waals surface area contributed by atoms with Crippen LogP contribution in [-0.4, -0.2) is 141 Å². The van der Waals surface area contributed by atoms with Crippen LogP contribution >= 0.6 is 23.4 Å². The number of aliphatic hydroxyl groups excluding tert-OH is 2. The summed E-state index contributed by atoms with van der Waals surface area (Å²) in [6, 6.07) is 2.31. The Kier molecular flexibility index (Phi) is 16.6. The first-order valence-electron chi connectivity index (χ1n) is 22.8. The van der Waals surface area contributed by atoms with E-state index < -0.39 is 96.3 Å². The molecule has 20 heteroatoms. The quantitative estimate of drug-likeness (QED) is 0.115. The number of ether oxygens (including phenoxy) is 3. The molecule has 18 nitrogen and oxygen atoms in total. The molecule has 0 spiro atoms. The first kappa shape index (κ1) is 51.9. The van der Waals surface area contributed by atoms with Gasteiger partial charge in [-0.25, -0.2) is 9.59 Å². The lowest BCUT2D eigenvalue weighted by Crippen LogP contribution is -2.62. The number of amides is 6. The van der Waals surface area contributed by atoms with Crippen LogP contribution in [-0.2, 0) is 56.0 Å². The second kappa shape index (κ2) is 21.4. The normalized spacial score (nSPS) is 33.1. The maximum atomic E-state index is 14.3. The first-order chi connectivity index (χ1) is 31.6. The highest BCUT2D eigenvalue weighted by Gasteiger charge is 2.64. The number of likely N-dealkylation sites (N-methyl/N-ethyl adjacent to an activating group) is 1. The van der Waals surface area contributed by atoms with E-state index in [0.29, 0.717) is 43.4 Å². The van der Waals surface area contributed by atoms with Gasteiger partial charge in [-0.05, 0) is 76.0 Å². The molecule has 1 saturated carbocycles. The number of fused-ring (bicyclic) bond motifs is 5. The maximum absolute atomic E-state index is 14.3. The number of esters is 1. The van der Waals surface area contributed by atoms with E-state index in [1.807, 2.05) is 6.92 Å². The number of epoxide rings is 1. The van der Waals surface area contributed by atoms with Gasteiger partial charge in [-0.3, -0.25) is 34.2 Å². The molecule has 0 aromatic heterocycles. The summed E-state index contributed by atoms with van der Waals surface area (Å²) < 4.78 is 18.0. The number of carbonyl (C=O) groups is 7. The van der Waals surface area contributed by atoms with Crippen molar-refractivity contribution in [3.63, 3.8) is 0 Å². The van der Waals surface area contributed by atoms with Crippen LogP contribution in [0.3, 0.4) is 0 Å². The smallest absolute Gasteiger partial charge is 0.409 e. The summed E-state index contributed by atoms with van der Waals surface area (Å²) in [5.41, 5.74) is 4.46. The molecular formula is C47H64ClN5O13S. The van der Waals surface area contributed by atoms with Gasteiger partial charge in [0.2, 0.25) is 29.5 Å². The summed E-state index contributed by atoms with van der Waals surface area (Å²) in [4.78, 5) is 96.3. The number of likely N-dealkylation sites (tertiary alicyclic amines) is 1. The lowest BCUT2D eigenvalue weighted by atomic mass is 9.81. The number of hydrogen-bond acceptors (Lipinski definition) is 14. The van der Waals surface area contributed by atoms with Crippen molar-refractivity contribution in [1.29, 1.82) is 0 Å². The fourth-order valence-corrected chi connectivity index (χ4v) is 11.0. The number of rotatable bonds is 12. The number of halogens is 1. The highest BCUT2D eigenvalue weighted by atomic mass is 35.5. The molecule has 6 amide bonds. The van der Waals surface area contributed by atoms with Crippen LogP contribution in [0.15, 0.2) is 35.9 Å². The molecule has 1 aliphatic carbocycles. The monoisotopic (exact) mass is 973 g/mol. The minimum absolute atomic E-state index is 0.0152. The summed E-state index contributed by atoms with van der Waals surface area (Å²) in [5, 5.41) is 34.4. The van der Waals surface area contributed by atoms with Gasteiger partial charge in [-0.1, -0.05) is 48.4 Å². The van der Waals surface area contributed by atoms with Crippen molar-refractivity contribution in [2.24, 2.45) is 29.4 Å². The average molecular weight is 975 g/mol. The van der Waals surface area contributed by atoms with E-state index >= 15 is 0 Å². The lowest BCUT2D eigenvalue weighted by molar-refractivity contribution is -0.162. The molecule has 4 fully saturated rings. The highest BCUT2D eigenvalue weighted by molar-refractivity contribution is 8.00. The molecule has 4 heterocycles. The van der Waals surface area contributed by atoms with E-state index in [4.69, 9.17) is 31.5 Å². The van der Waals surface area contributed by atoms with Crippen molar-refractivity contribution in [3.8, 4) is 0 Å². The Morgan fingerprint density at radius 1 is 1.10 bits per heavy atom. The van der Waals surface area contributed by atoms with Gasteiger partial charge in [-0.15, -0.1) is 11.8 Å². The van der Waals surface area contributed by atoms with Gasteiger partial charge in [0.05, 0.1) is 41.7 Å². The van der Waals surface area contributed by atoms with Crippen molar-refractivity contribution in [2.45, 2.75) is 133 Å². The lowest BCUT2D eigenvalue weighted by Gasteiger charge is -2.42. The topological polar surface area (TPSA) is 259 Å². The molecule has 368 valence electrons. The molecule has 6 rings (SSSR count). The molecule has 9 atom stereocenters. The summed E-state index contributed by atoms with van der Waals surface area (Å²) in [5.74, 6) is -4.15. The molecule has 5 aliphatic rings. The van der Waals surface area contributed by atoms with Gasteiger partial charge in [0.25, 0.3) is 0 Å². The fraction of sp³-hybridized carbons (Fsp3) is 0.638. The van der Waals surface area contributed by atoms with Gasteiger partial charge in [-0.2, -0.15) is 0 Å². The van der Waals surface area contributed by atoms with Crippen LogP contribution < -0.4 is 16.0 Å². The van der Waals surface area contributed by atoms with Crippen LogP contribution in [0.2, 0.25) is 5.02 Å². The van der Waals surface area contributed by atoms with Crippen molar-refractivity contribution < 1.29 is 63.1 Å². The fourth-order valence-electron chi connectivity index (χ4n) is 9.63. The zero-order valence-corrected chi connectivity index (χ0v) is 40.5. The molecule has 67 heavy (non-hydrogen) atoms. The zero-order chi connectivity index (χ0) is 49.1. The predicted octanol–water partition coefficient (Wildman–Crippen LogP) is 3.13. The molecule has 4 bridgehead atoms. The number of nitrogens with zero attached hydrogens (tertiary/aromatic N) is 3. The Bertz CT molecular complexity index is 2170. The number of aliphatic hydroxyl groups is 3. The van der Waals surface area contributed by atoms with E-state index in [2.05, 4.69) is 5.32 Å². The van der Waals surface area contributed by atoms with E-state index in [9.17, 15) is 48.9 Å². The van der Waals surface area contributed by atoms with Gasteiger partial charge >= 0.3 is 12.1 Å². The SMILES string of the molecule is C/C1=C\C=C\[C@@H](CO)[C@@]2(O)C[C@H](OC(=O)N2)[C@@H](C)[C@@H]2O[C@@]2(C)C(OC(=O)[C@H](C)N(C)C(=O)CCSC2CC(=O)N(CC3CCC(C(N)=O)CC3)C2=O)CC(=O)N(C)c2cc(cc(CO)c2Cl)C1. The number of carbonyl (C=O) groups excluding carboxylic acids is 7. The molecule has 6 N–H and O–H groups in total. The number of alkyl carbamates (subject to hydrolysis) is 1. The minimum atomic E-state index is -1.91. The van der Waals surface area contributed by atoms with Crippen LogP contribution in [0.5, 0.6) is 0 Å². The van der Waals surface area contributed by atoms with Gasteiger partial charge in [0.15, 0.2) is 5.72 Å². The number of primary amides is 1. The third kappa shape index (κ3) is 11.7. The zero-order valence-electron chi connectivity index (χ0n) is 38.9. The first-order valence-corrected chi connectivity index (χ1v) is 24.3. The third-order valence-electron chi connectivity index (χ3n) is 14.3. The van der Waals surface area contributed by atoms with Crippen LogP contribution in [0.4, 0.5) is 10.5 Å². The van der Waals surface area contributed by atoms with Crippen LogP contribution in [0.25, 0.3) is 0 Å². The van der Waals surface area contributed by atoms with Crippen LogP contribution in [0.1, 0.15) is 90.2 Å². The number of nitrogens with two attached hydrogens (primary N) is 1. The summed E-state index contributed by atoms with van der Waals surface area (Å²) in [7, 11) is 2.95. The van der Waals surface area contributed by atoms with Crippen molar-refractivity contribution in [3.05, 3.63) is 52.1 Å². The predicted molar refractivity (Wildman–Crippen MR) is 247 cm³/mol. The number of nitrogens with one attached hydrogen (secondary N) is 1. The number of imide groups is 1. The summed E-state index contributed by atoms with van der Waals surface area (Å²) in [6.07, 6.45) is 3.61. The van der Waals surface area contributed by atoms with E-state index in [1.54, 1.807) is 44.2 Å². The number of hydrogen-bond donors (Lipinski definition) is 5. The largest absolute Gasteiger partial charge is 0.457 e. The van der Waals surface area contributed by atoms with E-state index in [-0.39, 0.29) is 66.1 Å². The molecule has 1 aromatic rings. The maximum Gasteiger partial charge on any atom is 0.409 e. The Morgan fingerprint density at radius 3 is 2.46 bits per heavy atom. The Morgan fingerprint density at radius 2 is 1.81 bits per heavy atom. The van der Waals surface area contributed by atoms with Gasteiger partial charge in [0, 0.05) is 63.4 Å². The van der Waals surface area contributed by atoms with E-state index in [1.165, 1.54) is 47.5 Å². The number of thioether (sulfide) groups is 1. The van der Waals surface area contributed by atoms with Crippen molar-refractivity contribution in [2.75, 3.05) is 37.9 Å². The number of benzene rings is 1. The molecular weight excluding hydrogens is 910 g/mol. The molecule has 1 aromatic carbocycles. The highest BCUT2D eigenvalue weighted by Crippen LogP contribution is 2.49. The van der Waals surface area contributed by atoms with Gasteiger partial charge < -0.3 is 45.1 Å². The number of anilines is 1. The Hall–Kier alpha value is -4.53. The molecule has 2 unspecified atom stereocenters. The number of allylic oxidation sites excluding steroid dienone is 3. The second-order valence-corrected chi connectivity index (χ2v) is 20.6. The third-order valence-corrected chi connectivity index (χ3v) is 15.9. The molecule has 3 saturated heterocycles. The average Bonchev–Trinajstić information content (AvgIpc) is 3.91. The molecule has 0 radical (unpaired) electrons. The van der Waals surface area contributed by atoms with Crippen LogP contribution in [0, 0.1) is 23.7 Å². The van der Waals surface area contributed by atoms with E-state index in [0.717, 1.165) is 11.1 Å². The second-order valence-electron chi connectivity index (χ2n) is 18.9. The molecule has 4 aliphatic heterocycles. The Balaban J connectivity index is 1.16. The Labute approximate surface area is 399 Å². The minimum Gasteiger partial charge on any atom is -0.457 e. The van der Waals surface area contributed by atoms with Gasteiger partial charge in [0.1, 0.15) is 23.9 Å². The van der Waals surface area contributed by atoms with Crippen molar-refractivity contribution >= 4 is 70.6 Å². The standard InChI is InChI=1S/C47H64ClN5O13S/c1-25-8-7-9-32(24-55)47(63)21-34(64-45(62)50-47)26(2)41-46(4,66-41)36(20-38(57)52(6)33-18-29(16-25)17-31(23-54)40(33)48)65-44(61)27(3)51(5)37(56)14-15-67-35-19-39(58)53(43(35)60)22-28-10-12-30(13-11-28)42(49)59/h7-9,17-18,26-28,30,32,34-36,41,54-55,63H,10-16,19-24H2,1-6H3,(H2,49,59)(H,50,62)/b9-7+,25-8+/t26-,27+,28?,30?,32+,34+,35?,36?,41+,46+,47+/m1/s1. The van der Waals surface area contributed by atoms with Crippen molar-refractivity contribution in [1.82, 2.24) is 15.1 Å².